The van der Waals surface area contributed by atoms with Crippen LogP contribution in [0.15, 0.2) is 0 Å². The smallest absolute Gasteiger partial charge is 0.293 e. The Labute approximate surface area is 53.7 Å². The van der Waals surface area contributed by atoms with E-state index in [2.05, 4.69) is 9.47 Å². The van der Waals surface area contributed by atoms with E-state index in [0.29, 0.717) is 0 Å². The molecule has 1 aliphatic rings. The Balaban J connectivity index is 2.56. The summed E-state index contributed by atoms with van der Waals surface area (Å²) >= 11 is 0. The molecule has 0 aromatic carbocycles. The maximum atomic E-state index is 11.9. The van der Waals surface area contributed by atoms with Gasteiger partial charge in [-0.05, 0) is 0 Å². The van der Waals surface area contributed by atoms with Gasteiger partial charge >= 0.3 is 12.2 Å². The number of alkyl halides is 4. The van der Waals surface area contributed by atoms with E-state index in [1.807, 2.05) is 0 Å². The van der Waals surface area contributed by atoms with Crippen LogP contribution in [0.5, 0.6) is 0 Å². The maximum Gasteiger partial charge on any atom is 0.366 e. The molecule has 0 aromatic heterocycles. The van der Waals surface area contributed by atoms with Crippen molar-refractivity contribution in [2.45, 2.75) is 18.6 Å². The molecule has 0 unspecified atom stereocenters. The molecule has 1 rings (SSSR count). The van der Waals surface area contributed by atoms with E-state index in [1.54, 1.807) is 0 Å². The lowest BCUT2D eigenvalue weighted by Crippen LogP contribution is -2.40. The average Bonchev–Trinajstić information content (AvgIpc) is 1.56. The molecule has 0 aromatic rings. The third-order valence-corrected chi connectivity index (χ3v) is 0.952. The van der Waals surface area contributed by atoms with Crippen LogP contribution < -0.4 is 0 Å². The highest BCUT2D eigenvalue weighted by Crippen LogP contribution is 2.36. The number of halogens is 4. The van der Waals surface area contributed by atoms with E-state index < -0.39 is 25.4 Å². The summed E-state index contributed by atoms with van der Waals surface area (Å²) in [7, 11) is 0. The fourth-order valence-corrected chi connectivity index (χ4v) is 0.544. The van der Waals surface area contributed by atoms with E-state index in [-0.39, 0.29) is 0 Å². The van der Waals surface area contributed by atoms with Crippen LogP contribution in [0.3, 0.4) is 0 Å². The summed E-state index contributed by atoms with van der Waals surface area (Å²) < 4.78 is 54.8. The van der Waals surface area contributed by atoms with Crippen molar-refractivity contribution in [3.8, 4) is 0 Å². The van der Waals surface area contributed by atoms with Crippen molar-refractivity contribution >= 4 is 0 Å². The summed E-state index contributed by atoms with van der Waals surface area (Å²) in [5, 5.41) is 0. The Morgan fingerprint density at radius 1 is 0.900 bits per heavy atom. The monoisotopic (exact) mass is 160 g/mol. The number of ether oxygens (including phenoxy) is 2. The van der Waals surface area contributed by atoms with Crippen LogP contribution in [0.4, 0.5) is 17.6 Å². The normalized spacial score (nSPS) is 30.0. The topological polar surface area (TPSA) is 18.5 Å². The number of hydrogen-bond acceptors (Lipinski definition) is 2. The first-order chi connectivity index (χ1) is 4.41. The van der Waals surface area contributed by atoms with Gasteiger partial charge in [-0.15, -0.1) is 0 Å². The van der Waals surface area contributed by atoms with Crippen molar-refractivity contribution in [3.63, 3.8) is 0 Å². The van der Waals surface area contributed by atoms with Crippen LogP contribution in [0, 0.1) is 0 Å². The van der Waals surface area contributed by atoms with E-state index >= 15 is 0 Å². The maximum absolute atomic E-state index is 11.9. The first kappa shape index (κ1) is 7.74. The first-order valence-corrected chi connectivity index (χ1v) is 2.45. The van der Waals surface area contributed by atoms with Crippen molar-refractivity contribution in [2.75, 3.05) is 6.79 Å². The van der Waals surface area contributed by atoms with Gasteiger partial charge in [-0.25, -0.2) is 0 Å². The number of rotatable bonds is 0. The molecule has 0 saturated carbocycles. The quantitative estimate of drug-likeness (QED) is 0.500. The van der Waals surface area contributed by atoms with Gasteiger partial charge in [-0.3, -0.25) is 9.47 Å². The van der Waals surface area contributed by atoms with Crippen LogP contribution in [0.25, 0.3) is 0 Å². The van der Waals surface area contributed by atoms with Crippen LogP contribution in [-0.2, 0) is 9.47 Å². The summed E-state index contributed by atoms with van der Waals surface area (Å²) in [6.45, 7) is -1.07. The zero-order valence-corrected chi connectivity index (χ0v) is 4.74. The fourth-order valence-electron chi connectivity index (χ4n) is 0.544. The Kier molecular flexibility index (Phi) is 1.60. The zero-order chi connectivity index (χ0) is 7.83. The van der Waals surface area contributed by atoms with Crippen molar-refractivity contribution in [3.05, 3.63) is 0 Å². The molecule has 10 heavy (non-hydrogen) atoms. The third-order valence-electron chi connectivity index (χ3n) is 0.952. The predicted molar refractivity (Wildman–Crippen MR) is 21.5 cm³/mol. The molecule has 6 heteroatoms. The summed E-state index contributed by atoms with van der Waals surface area (Å²) in [6.07, 6.45) is -9.23. The highest BCUT2D eigenvalue weighted by molar-refractivity contribution is 4.64. The second kappa shape index (κ2) is 2.06. The van der Waals surface area contributed by atoms with Gasteiger partial charge < -0.3 is 0 Å². The Hall–Kier alpha value is -0.360. The molecule has 0 N–H and O–H groups in total. The zero-order valence-electron chi connectivity index (χ0n) is 4.74. The first-order valence-electron chi connectivity index (χ1n) is 2.45. The van der Waals surface area contributed by atoms with Gasteiger partial charge in [-0.1, -0.05) is 0 Å². The molecule has 60 valence electrons. The SMILES string of the molecule is FC1(F)CC(F)(F)OCO1. The second-order valence-electron chi connectivity index (χ2n) is 1.86. The predicted octanol–water partition coefficient (Wildman–Crippen LogP) is 1.57. The molecule has 0 spiro atoms. The van der Waals surface area contributed by atoms with Gasteiger partial charge in [0.25, 0.3) is 0 Å². The summed E-state index contributed by atoms with van der Waals surface area (Å²) in [4.78, 5) is 0. The van der Waals surface area contributed by atoms with Crippen LogP contribution in [0.1, 0.15) is 6.42 Å². The van der Waals surface area contributed by atoms with E-state index in [0.717, 1.165) is 0 Å². The largest absolute Gasteiger partial charge is 0.366 e. The van der Waals surface area contributed by atoms with Gasteiger partial charge in [0.2, 0.25) is 0 Å². The molecule has 0 radical (unpaired) electrons. The van der Waals surface area contributed by atoms with Gasteiger partial charge in [0.15, 0.2) is 6.79 Å². The summed E-state index contributed by atoms with van der Waals surface area (Å²) in [5.74, 6) is 0. The van der Waals surface area contributed by atoms with Gasteiger partial charge in [-0.2, -0.15) is 17.6 Å². The van der Waals surface area contributed by atoms with Crippen LogP contribution in [-0.4, -0.2) is 19.0 Å². The Bertz CT molecular complexity index is 121. The third kappa shape index (κ3) is 1.81. The van der Waals surface area contributed by atoms with Gasteiger partial charge in [0.05, 0.1) is 0 Å². The second-order valence-corrected chi connectivity index (χ2v) is 1.86. The number of hydrogen-bond donors (Lipinski definition) is 0. The lowest BCUT2D eigenvalue weighted by atomic mass is 10.4. The molecule has 1 saturated heterocycles. The molecule has 1 fully saturated rings. The minimum atomic E-state index is -3.76. The van der Waals surface area contributed by atoms with Crippen LogP contribution in [0.2, 0.25) is 0 Å². The highest BCUT2D eigenvalue weighted by atomic mass is 19.3. The van der Waals surface area contributed by atoms with E-state index in [9.17, 15) is 17.6 Å². The minimum Gasteiger partial charge on any atom is -0.293 e. The molecule has 0 aliphatic carbocycles. The lowest BCUT2D eigenvalue weighted by Gasteiger charge is -2.28. The molecule has 1 aliphatic heterocycles. The molecule has 2 nitrogen and oxygen atoms in total. The molecule has 1 heterocycles. The molecular weight excluding hydrogens is 156 g/mol. The van der Waals surface area contributed by atoms with E-state index in [1.165, 1.54) is 0 Å². The van der Waals surface area contributed by atoms with Crippen molar-refractivity contribution in [2.24, 2.45) is 0 Å². The highest BCUT2D eigenvalue weighted by Gasteiger charge is 2.49. The Morgan fingerprint density at radius 3 is 1.50 bits per heavy atom. The van der Waals surface area contributed by atoms with Crippen molar-refractivity contribution in [1.29, 1.82) is 0 Å². The van der Waals surface area contributed by atoms with Crippen molar-refractivity contribution in [1.82, 2.24) is 0 Å². The molecule has 0 atom stereocenters. The lowest BCUT2D eigenvalue weighted by molar-refractivity contribution is -0.414. The summed E-state index contributed by atoms with van der Waals surface area (Å²) in [6, 6.07) is 0. The summed E-state index contributed by atoms with van der Waals surface area (Å²) in [5.41, 5.74) is 0. The van der Waals surface area contributed by atoms with Crippen molar-refractivity contribution < 1.29 is 27.0 Å². The molecule has 0 bridgehead atoms. The van der Waals surface area contributed by atoms with Crippen LogP contribution >= 0.6 is 0 Å². The molecular formula is C4H4F4O2. The fraction of sp³-hybridized carbons (Fsp3) is 1.00. The van der Waals surface area contributed by atoms with Gasteiger partial charge in [0.1, 0.15) is 6.42 Å². The minimum absolute atomic E-state index is 1.07. The average molecular weight is 160 g/mol. The standard InChI is InChI=1S/C4H4F4O2/c5-3(6)1-4(7,8)10-2-9-3/h1-2H2. The van der Waals surface area contributed by atoms with E-state index in [4.69, 9.17) is 0 Å². The Morgan fingerprint density at radius 2 is 1.30 bits per heavy atom. The van der Waals surface area contributed by atoms with Gasteiger partial charge in [0, 0.05) is 0 Å². The molecule has 0 amide bonds.